The Balaban J connectivity index is 1.58. The van der Waals surface area contributed by atoms with Gasteiger partial charge in [0.1, 0.15) is 11.5 Å². The first-order valence-electron chi connectivity index (χ1n) is 12.2. The van der Waals surface area contributed by atoms with E-state index in [1.807, 2.05) is 0 Å². The van der Waals surface area contributed by atoms with E-state index in [2.05, 4.69) is 38.2 Å². The number of aromatic hydroxyl groups is 1. The van der Waals surface area contributed by atoms with E-state index in [0.29, 0.717) is 31.6 Å². The molecule has 1 amide bonds. The number of hydrogen-bond acceptors (Lipinski definition) is 7. The van der Waals surface area contributed by atoms with Crippen LogP contribution in [0.3, 0.4) is 0 Å². The Bertz CT molecular complexity index is 1560. The lowest BCUT2D eigenvalue weighted by atomic mass is 10.1. The molecule has 0 saturated heterocycles. The summed E-state index contributed by atoms with van der Waals surface area (Å²) in [6, 6.07) is 2.80. The second-order valence-electron chi connectivity index (χ2n) is 8.70. The van der Waals surface area contributed by atoms with Gasteiger partial charge in [0.2, 0.25) is 5.65 Å². The quantitative estimate of drug-likeness (QED) is 0.146. The zero-order valence-corrected chi connectivity index (χ0v) is 21.5. The molecule has 208 valence electrons. The summed E-state index contributed by atoms with van der Waals surface area (Å²) < 4.78 is 49.6. The molecule has 0 radical (unpaired) electrons. The van der Waals surface area contributed by atoms with E-state index in [1.54, 1.807) is 13.0 Å². The number of fused-ring (bicyclic) bond motifs is 1. The smallest absolute Gasteiger partial charge is 0.435 e. The molecule has 0 atom stereocenters. The van der Waals surface area contributed by atoms with Crippen molar-refractivity contribution in [2.45, 2.75) is 26.1 Å². The third-order valence-corrected chi connectivity index (χ3v) is 5.79. The Kier molecular flexibility index (Phi) is 8.40. The van der Waals surface area contributed by atoms with Crippen LogP contribution in [0.4, 0.5) is 13.2 Å². The number of halogens is 3. The van der Waals surface area contributed by atoms with Crippen LogP contribution in [0.2, 0.25) is 0 Å². The Hall–Kier alpha value is -4.83. The zero-order chi connectivity index (χ0) is 28.9. The van der Waals surface area contributed by atoms with Crippen molar-refractivity contribution in [1.82, 2.24) is 34.8 Å². The van der Waals surface area contributed by atoms with Crippen molar-refractivity contribution in [2.24, 2.45) is 0 Å². The van der Waals surface area contributed by atoms with Gasteiger partial charge in [-0.25, -0.2) is 9.97 Å². The molecule has 0 aliphatic heterocycles. The second-order valence-corrected chi connectivity index (χ2v) is 8.70. The van der Waals surface area contributed by atoms with Crippen LogP contribution in [0, 0.1) is 19.3 Å². The van der Waals surface area contributed by atoms with Crippen LogP contribution in [-0.2, 0) is 12.7 Å². The number of ether oxygens (including phenoxy) is 1. The van der Waals surface area contributed by atoms with Crippen molar-refractivity contribution < 1.29 is 27.8 Å². The monoisotopic (exact) mass is 553 g/mol. The highest BCUT2D eigenvalue weighted by atomic mass is 19.4. The van der Waals surface area contributed by atoms with Crippen LogP contribution >= 0.6 is 0 Å². The van der Waals surface area contributed by atoms with Crippen LogP contribution in [0.5, 0.6) is 17.4 Å². The molecular weight excluding hydrogens is 527 g/mol. The number of aromatic nitrogens is 5. The predicted octanol–water partition coefficient (Wildman–Crippen LogP) is 3.95. The van der Waals surface area contributed by atoms with Gasteiger partial charge in [0.15, 0.2) is 5.69 Å². The molecule has 3 N–H and O–H groups in total. The minimum absolute atomic E-state index is 0.0173. The number of hydrogen-bond donors (Lipinski definition) is 3. The molecule has 0 unspecified atom stereocenters. The van der Waals surface area contributed by atoms with Crippen LogP contribution in [0.1, 0.15) is 28.0 Å². The fraction of sp³-hybridized carbons (Fsp3) is 0.259. The molecule has 0 aliphatic carbocycles. The molecular formula is C27H26F3N7O3. The largest absolute Gasteiger partial charge is 0.507 e. The van der Waals surface area contributed by atoms with Gasteiger partial charge in [0.05, 0.1) is 36.1 Å². The van der Waals surface area contributed by atoms with Crippen LogP contribution in [0.15, 0.2) is 49.6 Å². The first kappa shape index (κ1) is 28.2. The summed E-state index contributed by atoms with van der Waals surface area (Å²) in [5.74, 6) is 1.84. The van der Waals surface area contributed by atoms with Crippen molar-refractivity contribution in [3.63, 3.8) is 0 Å². The minimum Gasteiger partial charge on any atom is -0.507 e. The number of imidazole rings is 1. The molecule has 1 aromatic carbocycles. The van der Waals surface area contributed by atoms with Gasteiger partial charge in [0, 0.05) is 31.2 Å². The van der Waals surface area contributed by atoms with Crippen LogP contribution in [0.25, 0.3) is 16.9 Å². The summed E-state index contributed by atoms with van der Waals surface area (Å²) >= 11 is 0. The number of allylic oxidation sites excluding steroid dienone is 1. The van der Waals surface area contributed by atoms with E-state index in [1.165, 1.54) is 41.3 Å². The molecule has 3 heterocycles. The lowest BCUT2D eigenvalue weighted by molar-refractivity contribution is -0.141. The number of rotatable bonds is 11. The summed E-state index contributed by atoms with van der Waals surface area (Å²) in [6.45, 7) is 6.72. The second kappa shape index (κ2) is 11.9. The molecule has 40 heavy (non-hydrogen) atoms. The number of phenols is 1. The van der Waals surface area contributed by atoms with Crippen molar-refractivity contribution in [3.8, 4) is 41.0 Å². The third-order valence-electron chi connectivity index (χ3n) is 5.79. The molecule has 0 saturated carbocycles. The lowest BCUT2D eigenvalue weighted by Crippen LogP contribution is -2.28. The van der Waals surface area contributed by atoms with Crippen molar-refractivity contribution >= 4 is 11.6 Å². The number of amides is 1. The van der Waals surface area contributed by atoms with E-state index < -0.39 is 17.8 Å². The number of nitrogens with zero attached hydrogens (tertiary/aromatic N) is 5. The molecule has 0 spiro atoms. The van der Waals surface area contributed by atoms with Gasteiger partial charge in [-0.2, -0.15) is 18.3 Å². The fourth-order valence-corrected chi connectivity index (χ4v) is 4.08. The van der Waals surface area contributed by atoms with E-state index in [-0.39, 0.29) is 46.4 Å². The SMILES string of the molecule is C#CCNCCCNC(=O)c1c(C)cc(Oc2nccn3c(-c4cn(CC=C)nc4C(F)(F)F)cnc23)cc1O. The summed E-state index contributed by atoms with van der Waals surface area (Å²) in [7, 11) is 0. The number of nitrogens with one attached hydrogen (secondary N) is 2. The van der Waals surface area contributed by atoms with Crippen molar-refractivity contribution in [3.05, 3.63) is 66.4 Å². The van der Waals surface area contributed by atoms with Crippen LogP contribution in [-0.4, -0.2) is 54.8 Å². The van der Waals surface area contributed by atoms with Gasteiger partial charge < -0.3 is 20.5 Å². The average Bonchev–Trinajstić information content (AvgIpc) is 3.51. The highest BCUT2D eigenvalue weighted by Crippen LogP contribution is 2.37. The van der Waals surface area contributed by atoms with Gasteiger partial charge in [-0.05, 0) is 31.5 Å². The van der Waals surface area contributed by atoms with Gasteiger partial charge in [-0.15, -0.1) is 13.0 Å². The molecule has 13 heteroatoms. The lowest BCUT2D eigenvalue weighted by Gasteiger charge is -2.13. The maximum atomic E-state index is 13.7. The Morgan fingerprint density at radius 1 is 1.30 bits per heavy atom. The average molecular weight is 554 g/mol. The van der Waals surface area contributed by atoms with Gasteiger partial charge in [0.25, 0.3) is 11.8 Å². The third kappa shape index (κ3) is 6.08. The molecule has 4 aromatic rings. The van der Waals surface area contributed by atoms with Gasteiger partial charge in [-0.1, -0.05) is 12.0 Å². The summed E-state index contributed by atoms with van der Waals surface area (Å²) in [6.07, 6.45) is 7.91. The topological polar surface area (TPSA) is 119 Å². The molecule has 0 fully saturated rings. The standard InChI is InChI=1S/C27H26F3N7O3/c1-4-7-31-8-6-9-32-25(39)22-17(3)13-18(14-21(22)38)40-26-24-34-15-20(37(24)12-10-33-26)19-16-36(11-5-2)35-23(19)27(28,29)30/h1,5,10,12-16,31,38H,2,6-9,11H2,3H3,(H,32,39). The number of aryl methyl sites for hydroxylation is 1. The summed E-state index contributed by atoms with van der Waals surface area (Å²) in [4.78, 5) is 21.0. The van der Waals surface area contributed by atoms with E-state index >= 15 is 0 Å². The maximum Gasteiger partial charge on any atom is 0.435 e. The molecule has 0 aliphatic rings. The van der Waals surface area contributed by atoms with Crippen molar-refractivity contribution in [1.29, 1.82) is 0 Å². The molecule has 10 nitrogen and oxygen atoms in total. The molecule has 4 rings (SSSR count). The van der Waals surface area contributed by atoms with E-state index in [9.17, 15) is 23.1 Å². The number of carbonyl (C=O) groups is 1. The maximum absolute atomic E-state index is 13.7. The minimum atomic E-state index is -4.69. The Labute approximate surface area is 227 Å². The highest BCUT2D eigenvalue weighted by molar-refractivity contribution is 5.98. The van der Waals surface area contributed by atoms with E-state index in [0.717, 1.165) is 4.68 Å². The van der Waals surface area contributed by atoms with Gasteiger partial charge >= 0.3 is 6.18 Å². The molecule has 3 aromatic heterocycles. The van der Waals surface area contributed by atoms with Crippen LogP contribution < -0.4 is 15.4 Å². The number of benzene rings is 1. The predicted molar refractivity (Wildman–Crippen MR) is 141 cm³/mol. The first-order chi connectivity index (χ1) is 19.1. The van der Waals surface area contributed by atoms with Gasteiger partial charge in [-0.3, -0.25) is 13.9 Å². The number of alkyl halides is 3. The highest BCUT2D eigenvalue weighted by Gasteiger charge is 2.38. The first-order valence-corrected chi connectivity index (χ1v) is 12.2. The zero-order valence-electron chi connectivity index (χ0n) is 21.5. The van der Waals surface area contributed by atoms with E-state index in [4.69, 9.17) is 11.2 Å². The normalized spacial score (nSPS) is 11.4. The number of phenolic OH excluding ortho intramolecular Hbond substituents is 1. The number of carbonyl (C=O) groups excluding carboxylic acids is 1. The summed E-state index contributed by atoms with van der Waals surface area (Å²) in [5, 5.41) is 20.0. The number of terminal acetylenes is 1. The Morgan fingerprint density at radius 3 is 2.80 bits per heavy atom. The fourth-order valence-electron chi connectivity index (χ4n) is 4.08. The van der Waals surface area contributed by atoms with Crippen molar-refractivity contribution in [2.75, 3.05) is 19.6 Å². The summed E-state index contributed by atoms with van der Waals surface area (Å²) in [5.41, 5.74) is -0.430. The Morgan fingerprint density at radius 2 is 2.10 bits per heavy atom. The molecule has 0 bridgehead atoms.